The summed E-state index contributed by atoms with van der Waals surface area (Å²) in [5, 5.41) is 0. The SMILES string of the molecule is NC(=O)c1cn2c(n1)-c1cc(Br)ccc1C1CC2C1. The van der Waals surface area contributed by atoms with Crippen LogP contribution in [0.5, 0.6) is 0 Å². The van der Waals surface area contributed by atoms with E-state index >= 15 is 0 Å². The monoisotopic (exact) mass is 317 g/mol. The topological polar surface area (TPSA) is 60.9 Å². The maximum atomic E-state index is 11.3. The van der Waals surface area contributed by atoms with E-state index < -0.39 is 5.91 Å². The van der Waals surface area contributed by atoms with Crippen LogP contribution in [0.1, 0.15) is 40.9 Å². The van der Waals surface area contributed by atoms with Gasteiger partial charge < -0.3 is 10.3 Å². The Bertz CT molecular complexity index is 701. The molecule has 0 saturated heterocycles. The summed E-state index contributed by atoms with van der Waals surface area (Å²) in [5.41, 5.74) is 8.15. The van der Waals surface area contributed by atoms with Crippen molar-refractivity contribution >= 4 is 21.8 Å². The van der Waals surface area contributed by atoms with E-state index in [1.54, 1.807) is 6.20 Å². The smallest absolute Gasteiger partial charge is 0.268 e. The van der Waals surface area contributed by atoms with Crippen molar-refractivity contribution in [2.24, 2.45) is 5.73 Å². The Morgan fingerprint density at radius 2 is 2.21 bits per heavy atom. The second-order valence-electron chi connectivity index (χ2n) is 5.27. The predicted octanol–water partition coefficient (Wildman–Crippen LogP) is 2.84. The first-order valence-corrected chi connectivity index (χ1v) is 7.11. The fraction of sp³-hybridized carbons (Fsp3) is 0.286. The van der Waals surface area contributed by atoms with Crippen LogP contribution in [0.25, 0.3) is 11.4 Å². The number of aromatic nitrogens is 2. The quantitative estimate of drug-likeness (QED) is 0.879. The number of halogens is 1. The number of hydrogen-bond donors (Lipinski definition) is 1. The number of amides is 1. The van der Waals surface area contributed by atoms with Gasteiger partial charge in [0.1, 0.15) is 11.5 Å². The highest BCUT2D eigenvalue weighted by molar-refractivity contribution is 9.10. The van der Waals surface area contributed by atoms with Gasteiger partial charge in [-0.1, -0.05) is 22.0 Å². The summed E-state index contributed by atoms with van der Waals surface area (Å²) in [4.78, 5) is 15.8. The van der Waals surface area contributed by atoms with Gasteiger partial charge in [0.2, 0.25) is 0 Å². The van der Waals surface area contributed by atoms with Crippen LogP contribution in [0.15, 0.2) is 28.9 Å². The normalized spacial score (nSPS) is 23.0. The predicted molar refractivity (Wildman–Crippen MR) is 74.9 cm³/mol. The van der Waals surface area contributed by atoms with Crippen molar-refractivity contribution in [3.05, 3.63) is 40.1 Å². The van der Waals surface area contributed by atoms with Crippen molar-refractivity contribution in [2.75, 3.05) is 0 Å². The van der Waals surface area contributed by atoms with Gasteiger partial charge in [-0.2, -0.15) is 0 Å². The van der Waals surface area contributed by atoms with Crippen molar-refractivity contribution < 1.29 is 4.79 Å². The highest BCUT2D eigenvalue weighted by Crippen LogP contribution is 2.52. The fourth-order valence-corrected chi connectivity index (χ4v) is 3.50. The van der Waals surface area contributed by atoms with Crippen molar-refractivity contribution in [2.45, 2.75) is 24.8 Å². The molecule has 3 heterocycles. The third-order valence-corrected chi connectivity index (χ3v) is 4.68. The molecule has 96 valence electrons. The Hall–Kier alpha value is -1.62. The number of hydrogen-bond acceptors (Lipinski definition) is 2. The molecule has 0 radical (unpaired) electrons. The molecular weight excluding hydrogens is 306 g/mol. The molecule has 1 amide bonds. The van der Waals surface area contributed by atoms with Gasteiger partial charge in [-0.05, 0) is 36.5 Å². The van der Waals surface area contributed by atoms with Crippen molar-refractivity contribution in [1.82, 2.24) is 9.55 Å². The number of primary amides is 1. The maximum Gasteiger partial charge on any atom is 0.268 e. The van der Waals surface area contributed by atoms with Crippen LogP contribution in [-0.2, 0) is 0 Å². The van der Waals surface area contributed by atoms with Crippen LogP contribution < -0.4 is 5.73 Å². The van der Waals surface area contributed by atoms with Crippen LogP contribution in [0.2, 0.25) is 0 Å². The van der Waals surface area contributed by atoms with Gasteiger partial charge in [-0.25, -0.2) is 4.98 Å². The van der Waals surface area contributed by atoms with Crippen LogP contribution in [0.3, 0.4) is 0 Å². The van der Waals surface area contributed by atoms with Crippen molar-refractivity contribution in [1.29, 1.82) is 0 Å². The number of imidazole rings is 1. The Kier molecular flexibility index (Phi) is 2.18. The first-order valence-electron chi connectivity index (χ1n) is 6.32. The number of nitrogens with zero attached hydrogens (tertiary/aromatic N) is 2. The van der Waals surface area contributed by atoms with E-state index in [1.165, 1.54) is 5.56 Å². The molecular formula is C14H12BrN3O. The average molecular weight is 318 g/mol. The molecule has 2 bridgehead atoms. The second kappa shape index (κ2) is 3.70. The lowest BCUT2D eigenvalue weighted by molar-refractivity contribution is 0.0996. The number of carbonyl (C=O) groups excluding carboxylic acids is 1. The van der Waals surface area contributed by atoms with E-state index in [0.717, 1.165) is 28.7 Å². The molecule has 5 heteroatoms. The van der Waals surface area contributed by atoms with E-state index in [-0.39, 0.29) is 0 Å². The lowest BCUT2D eigenvalue weighted by Crippen LogP contribution is -2.22. The molecule has 1 aromatic carbocycles. The van der Waals surface area contributed by atoms with Crippen LogP contribution in [-0.4, -0.2) is 15.5 Å². The van der Waals surface area contributed by atoms with Gasteiger partial charge >= 0.3 is 0 Å². The Balaban J connectivity index is 2.00. The molecule has 2 aromatic rings. The minimum atomic E-state index is -0.465. The first-order chi connectivity index (χ1) is 9.13. The van der Waals surface area contributed by atoms with Gasteiger partial charge in [0.05, 0.1) is 0 Å². The molecule has 1 saturated carbocycles. The highest BCUT2D eigenvalue weighted by Gasteiger charge is 2.38. The number of rotatable bonds is 1. The molecule has 1 aliphatic carbocycles. The van der Waals surface area contributed by atoms with Gasteiger partial charge in [0.25, 0.3) is 5.91 Å². The summed E-state index contributed by atoms with van der Waals surface area (Å²) < 4.78 is 3.15. The van der Waals surface area contributed by atoms with Gasteiger partial charge in [-0.15, -0.1) is 0 Å². The number of carbonyl (C=O) groups is 1. The Morgan fingerprint density at radius 1 is 1.42 bits per heavy atom. The third kappa shape index (κ3) is 1.51. The van der Waals surface area contributed by atoms with Gasteiger partial charge in [0, 0.05) is 22.3 Å². The van der Waals surface area contributed by atoms with E-state index in [0.29, 0.717) is 17.7 Å². The van der Waals surface area contributed by atoms with E-state index in [4.69, 9.17) is 5.73 Å². The van der Waals surface area contributed by atoms with Crippen LogP contribution >= 0.6 is 15.9 Å². The zero-order chi connectivity index (χ0) is 13.1. The molecule has 1 aromatic heterocycles. The molecule has 2 aliphatic heterocycles. The lowest BCUT2D eigenvalue weighted by atomic mass is 9.76. The molecule has 0 spiro atoms. The molecule has 5 rings (SSSR count). The fourth-order valence-electron chi connectivity index (χ4n) is 3.14. The Labute approximate surface area is 118 Å². The third-order valence-electron chi connectivity index (χ3n) is 4.19. The summed E-state index contributed by atoms with van der Waals surface area (Å²) in [7, 11) is 0. The molecule has 3 aliphatic rings. The van der Waals surface area contributed by atoms with Gasteiger partial charge in [-0.3, -0.25) is 4.79 Å². The van der Waals surface area contributed by atoms with Gasteiger partial charge in [0.15, 0.2) is 0 Å². The van der Waals surface area contributed by atoms with Crippen molar-refractivity contribution in [3.63, 3.8) is 0 Å². The zero-order valence-corrected chi connectivity index (χ0v) is 11.7. The summed E-state index contributed by atoms with van der Waals surface area (Å²) in [6.45, 7) is 0. The van der Waals surface area contributed by atoms with E-state index in [2.05, 4.69) is 43.7 Å². The number of nitrogens with two attached hydrogens (primary N) is 1. The molecule has 19 heavy (non-hydrogen) atoms. The maximum absolute atomic E-state index is 11.3. The Morgan fingerprint density at radius 3 is 2.95 bits per heavy atom. The minimum Gasteiger partial charge on any atom is -0.364 e. The molecule has 0 unspecified atom stereocenters. The average Bonchev–Trinajstić information content (AvgIpc) is 2.65. The highest BCUT2D eigenvalue weighted by atomic mass is 79.9. The van der Waals surface area contributed by atoms with E-state index in [1.807, 2.05) is 0 Å². The van der Waals surface area contributed by atoms with Crippen LogP contribution in [0, 0.1) is 0 Å². The summed E-state index contributed by atoms with van der Waals surface area (Å²) >= 11 is 3.51. The summed E-state index contributed by atoms with van der Waals surface area (Å²) in [6.07, 6.45) is 4.04. The van der Waals surface area contributed by atoms with Crippen molar-refractivity contribution in [3.8, 4) is 11.4 Å². The molecule has 0 atom stereocenters. The largest absolute Gasteiger partial charge is 0.364 e. The first kappa shape index (κ1) is 11.2. The lowest BCUT2D eigenvalue weighted by Gasteiger charge is -2.34. The molecule has 2 N–H and O–H groups in total. The molecule has 4 nitrogen and oxygen atoms in total. The summed E-state index contributed by atoms with van der Waals surface area (Å²) in [6, 6.07) is 6.76. The van der Waals surface area contributed by atoms with Crippen LogP contribution in [0.4, 0.5) is 0 Å². The minimum absolute atomic E-state index is 0.353. The zero-order valence-electron chi connectivity index (χ0n) is 10.1. The second-order valence-corrected chi connectivity index (χ2v) is 6.19. The standard InChI is InChI=1S/C14H12BrN3O/c15-8-1-2-10-7-3-9(4-7)18-6-12(13(16)19)17-14(18)11(10)5-8/h1-2,5-7,9H,3-4H2,(H2,16,19). The molecule has 1 fully saturated rings. The van der Waals surface area contributed by atoms with E-state index in [9.17, 15) is 4.79 Å². The number of benzene rings is 1. The summed E-state index contributed by atoms with van der Waals surface area (Å²) in [5.74, 6) is 1.02.